The van der Waals surface area contributed by atoms with E-state index in [1.165, 1.54) is 20.0 Å². The predicted octanol–water partition coefficient (Wildman–Crippen LogP) is 2.88. The van der Waals surface area contributed by atoms with Crippen molar-refractivity contribution in [2.24, 2.45) is 5.92 Å². The van der Waals surface area contributed by atoms with Crippen LogP contribution in [0.15, 0.2) is 0 Å². The van der Waals surface area contributed by atoms with Crippen molar-refractivity contribution in [1.29, 1.82) is 0 Å². The van der Waals surface area contributed by atoms with Crippen LogP contribution in [0.5, 0.6) is 0 Å². The van der Waals surface area contributed by atoms with Crippen LogP contribution in [0.1, 0.15) is 25.7 Å². The molecule has 3 unspecified atom stereocenters. The van der Waals surface area contributed by atoms with Crippen LogP contribution in [0.3, 0.4) is 0 Å². The Balaban J connectivity index is 2.43. The summed E-state index contributed by atoms with van der Waals surface area (Å²) in [5, 5.41) is 0. The van der Waals surface area contributed by atoms with E-state index in [0.29, 0.717) is 22.0 Å². The van der Waals surface area contributed by atoms with Gasteiger partial charge in [-0.3, -0.25) is 4.79 Å². The molecule has 0 spiro atoms. The Morgan fingerprint density at radius 1 is 1.46 bits per heavy atom. The van der Waals surface area contributed by atoms with Gasteiger partial charge in [-0.05, 0) is 18.8 Å². The van der Waals surface area contributed by atoms with Crippen molar-refractivity contribution in [3.8, 4) is 0 Å². The molecule has 1 saturated carbocycles. The quantitative estimate of drug-likeness (QED) is 0.579. The van der Waals surface area contributed by atoms with E-state index in [4.69, 9.17) is 0 Å². The van der Waals surface area contributed by atoms with Crippen molar-refractivity contribution in [3.63, 3.8) is 0 Å². The van der Waals surface area contributed by atoms with Crippen LogP contribution in [-0.2, 0) is 9.53 Å². The summed E-state index contributed by atoms with van der Waals surface area (Å²) in [6, 6.07) is 0. The highest BCUT2D eigenvalue weighted by Gasteiger charge is 2.31. The lowest BCUT2D eigenvalue weighted by atomic mass is 9.87. The Bertz CT molecular complexity index is 184. The predicted molar refractivity (Wildman–Crippen MR) is 59.4 cm³/mol. The van der Waals surface area contributed by atoms with E-state index in [-0.39, 0.29) is 5.97 Å². The van der Waals surface area contributed by atoms with E-state index in [9.17, 15) is 4.79 Å². The van der Waals surface area contributed by atoms with Gasteiger partial charge in [0.05, 0.1) is 7.11 Å². The van der Waals surface area contributed by atoms with Gasteiger partial charge in [0.2, 0.25) is 0 Å². The maximum atomic E-state index is 11.1. The highest BCUT2D eigenvalue weighted by Crippen LogP contribution is 2.36. The Morgan fingerprint density at radius 3 is 2.77 bits per heavy atom. The van der Waals surface area contributed by atoms with Gasteiger partial charge < -0.3 is 4.74 Å². The van der Waals surface area contributed by atoms with Crippen molar-refractivity contribution < 1.29 is 9.53 Å². The molecule has 1 aliphatic rings. The number of carbonyl (C=O) groups is 1. The monoisotopic (exact) mass is 312 g/mol. The maximum absolute atomic E-state index is 11.1. The molecule has 3 atom stereocenters. The molecule has 0 amide bonds. The van der Waals surface area contributed by atoms with Gasteiger partial charge in [-0.15, -0.1) is 0 Å². The molecule has 0 heterocycles. The second-order valence-corrected chi connectivity index (χ2v) is 5.67. The summed E-state index contributed by atoms with van der Waals surface area (Å²) in [6.45, 7) is 0. The van der Waals surface area contributed by atoms with E-state index < -0.39 is 0 Å². The summed E-state index contributed by atoms with van der Waals surface area (Å²) in [5.41, 5.74) is 0. The number of methoxy groups -OCH3 is 1. The van der Waals surface area contributed by atoms with Crippen molar-refractivity contribution in [2.75, 3.05) is 7.11 Å². The lowest BCUT2D eigenvalue weighted by Gasteiger charge is -2.30. The fraction of sp³-hybridized carbons (Fsp3) is 0.889. The van der Waals surface area contributed by atoms with E-state index in [2.05, 4.69) is 36.6 Å². The first kappa shape index (κ1) is 11.5. The molecule has 76 valence electrons. The van der Waals surface area contributed by atoms with Gasteiger partial charge >= 0.3 is 5.97 Å². The van der Waals surface area contributed by atoms with Crippen LogP contribution >= 0.6 is 31.9 Å². The molecule has 0 aromatic rings. The van der Waals surface area contributed by atoms with Gasteiger partial charge in [0.15, 0.2) is 0 Å². The minimum atomic E-state index is -0.101. The number of rotatable bonds is 2. The van der Waals surface area contributed by atoms with Crippen molar-refractivity contribution in [3.05, 3.63) is 0 Å². The van der Waals surface area contributed by atoms with Gasteiger partial charge in [-0.2, -0.15) is 0 Å². The van der Waals surface area contributed by atoms with E-state index in [1.807, 2.05) is 0 Å². The first-order valence-electron chi connectivity index (χ1n) is 4.50. The van der Waals surface area contributed by atoms with Crippen LogP contribution in [0.4, 0.5) is 0 Å². The summed E-state index contributed by atoms with van der Waals surface area (Å²) >= 11 is 7.23. The number of ether oxygens (including phenoxy) is 1. The van der Waals surface area contributed by atoms with Crippen LogP contribution in [0, 0.1) is 5.92 Å². The minimum absolute atomic E-state index is 0.101. The summed E-state index contributed by atoms with van der Waals surface area (Å²) in [7, 11) is 1.44. The molecule has 0 aromatic heterocycles. The number of hydrogen-bond donors (Lipinski definition) is 0. The van der Waals surface area contributed by atoms with E-state index >= 15 is 0 Å². The smallest absolute Gasteiger partial charge is 0.305 e. The van der Waals surface area contributed by atoms with Gasteiger partial charge in [0.25, 0.3) is 0 Å². The standard InChI is InChI=1S/C9H14Br2O2/c1-13-8(12)5-6-3-2-4-7(10)9(6)11/h6-7,9H,2-5H2,1H3. The zero-order valence-corrected chi connectivity index (χ0v) is 10.8. The second-order valence-electron chi connectivity index (χ2n) is 3.43. The maximum Gasteiger partial charge on any atom is 0.305 e. The number of esters is 1. The van der Waals surface area contributed by atoms with Gasteiger partial charge in [-0.25, -0.2) is 0 Å². The average molecular weight is 314 g/mol. The summed E-state index contributed by atoms with van der Waals surface area (Å²) in [4.78, 5) is 12.0. The zero-order chi connectivity index (χ0) is 9.84. The summed E-state index contributed by atoms with van der Waals surface area (Å²) in [5.74, 6) is 0.321. The molecule has 0 saturated heterocycles. The number of alkyl halides is 2. The molecule has 0 N–H and O–H groups in total. The molecular weight excluding hydrogens is 300 g/mol. The highest BCUT2D eigenvalue weighted by atomic mass is 79.9. The topological polar surface area (TPSA) is 26.3 Å². The molecule has 4 heteroatoms. The number of halogens is 2. The third-order valence-corrected chi connectivity index (χ3v) is 5.63. The fourth-order valence-electron chi connectivity index (χ4n) is 1.70. The highest BCUT2D eigenvalue weighted by molar-refractivity contribution is 9.12. The van der Waals surface area contributed by atoms with Crippen molar-refractivity contribution in [1.82, 2.24) is 0 Å². The molecule has 0 aromatic carbocycles. The Morgan fingerprint density at radius 2 is 2.15 bits per heavy atom. The first-order valence-corrected chi connectivity index (χ1v) is 6.33. The van der Waals surface area contributed by atoms with Gasteiger partial charge in [0, 0.05) is 16.1 Å². The van der Waals surface area contributed by atoms with Crippen LogP contribution in [0.25, 0.3) is 0 Å². The molecule has 1 rings (SSSR count). The minimum Gasteiger partial charge on any atom is -0.469 e. The van der Waals surface area contributed by atoms with Gasteiger partial charge in [0.1, 0.15) is 0 Å². The SMILES string of the molecule is COC(=O)CC1CCCC(Br)C1Br. The summed E-state index contributed by atoms with van der Waals surface area (Å²) in [6.07, 6.45) is 4.04. The van der Waals surface area contributed by atoms with Crippen LogP contribution < -0.4 is 0 Å². The van der Waals surface area contributed by atoms with Gasteiger partial charge in [-0.1, -0.05) is 38.3 Å². The normalized spacial score (nSPS) is 34.2. The molecule has 2 nitrogen and oxygen atoms in total. The molecule has 0 aliphatic heterocycles. The molecular formula is C9H14Br2O2. The molecule has 1 fully saturated rings. The molecule has 13 heavy (non-hydrogen) atoms. The van der Waals surface area contributed by atoms with Crippen LogP contribution in [0.2, 0.25) is 0 Å². The Kier molecular flexibility index (Phi) is 4.73. The average Bonchev–Trinajstić information content (AvgIpc) is 2.13. The van der Waals surface area contributed by atoms with Crippen LogP contribution in [-0.4, -0.2) is 22.7 Å². The third-order valence-electron chi connectivity index (χ3n) is 2.51. The Labute approximate surface area is 95.7 Å². The summed E-state index contributed by atoms with van der Waals surface area (Å²) < 4.78 is 4.66. The first-order chi connectivity index (χ1) is 6.15. The molecule has 0 radical (unpaired) electrons. The van der Waals surface area contributed by atoms with Crippen molar-refractivity contribution >= 4 is 37.8 Å². The largest absolute Gasteiger partial charge is 0.469 e. The number of hydrogen-bond acceptors (Lipinski definition) is 2. The lowest BCUT2D eigenvalue weighted by molar-refractivity contribution is -0.141. The lowest BCUT2D eigenvalue weighted by Crippen LogP contribution is -2.30. The molecule has 0 bridgehead atoms. The number of carbonyl (C=O) groups excluding carboxylic acids is 1. The van der Waals surface area contributed by atoms with Crippen molar-refractivity contribution in [2.45, 2.75) is 35.3 Å². The van der Waals surface area contributed by atoms with E-state index in [0.717, 1.165) is 6.42 Å². The van der Waals surface area contributed by atoms with E-state index in [1.54, 1.807) is 0 Å². The fourth-order valence-corrected chi connectivity index (χ4v) is 3.17. The zero-order valence-electron chi connectivity index (χ0n) is 7.63. The Hall–Kier alpha value is 0.430. The second kappa shape index (κ2) is 5.35. The molecule has 1 aliphatic carbocycles. The third kappa shape index (κ3) is 3.24.